The number of nitrogens with zero attached hydrogens (tertiary/aromatic N) is 1. The maximum atomic E-state index is 3.68. The quantitative estimate of drug-likeness (QED) is 0.868. The van der Waals surface area contributed by atoms with Gasteiger partial charge in [-0.15, -0.1) is 0 Å². The van der Waals surface area contributed by atoms with Crippen LogP contribution in [0.1, 0.15) is 31.2 Å². The van der Waals surface area contributed by atoms with Crippen molar-refractivity contribution in [2.24, 2.45) is 0 Å². The summed E-state index contributed by atoms with van der Waals surface area (Å²) in [6.07, 6.45) is 7.75. The van der Waals surface area contributed by atoms with Crippen molar-refractivity contribution >= 4 is 10.9 Å². The molecule has 96 valence electrons. The number of hydrogen-bond acceptors (Lipinski definition) is 1. The van der Waals surface area contributed by atoms with Crippen LogP contribution in [0.4, 0.5) is 0 Å². The lowest BCUT2D eigenvalue weighted by molar-refractivity contribution is 0.501. The van der Waals surface area contributed by atoms with E-state index >= 15 is 0 Å². The molecule has 0 atom stereocenters. The molecule has 1 aromatic carbocycles. The van der Waals surface area contributed by atoms with Gasteiger partial charge < -0.3 is 9.88 Å². The zero-order valence-electron chi connectivity index (χ0n) is 11.2. The molecule has 1 aliphatic carbocycles. The van der Waals surface area contributed by atoms with Gasteiger partial charge in [-0.05, 0) is 42.8 Å². The van der Waals surface area contributed by atoms with Crippen LogP contribution in [0.25, 0.3) is 10.9 Å². The molecule has 1 fully saturated rings. The number of benzene rings is 1. The van der Waals surface area contributed by atoms with Crippen molar-refractivity contribution in [3.63, 3.8) is 0 Å². The number of aromatic nitrogens is 1. The van der Waals surface area contributed by atoms with E-state index in [9.17, 15) is 0 Å². The molecule has 0 spiro atoms. The summed E-state index contributed by atoms with van der Waals surface area (Å²) in [5, 5.41) is 5.03. The Kier molecular flexibility index (Phi) is 3.37. The summed E-state index contributed by atoms with van der Waals surface area (Å²) < 4.78 is 2.37. The van der Waals surface area contributed by atoms with Crippen molar-refractivity contribution < 1.29 is 0 Å². The highest BCUT2D eigenvalue weighted by molar-refractivity contribution is 5.80. The lowest BCUT2D eigenvalue weighted by Gasteiger charge is -2.12. The van der Waals surface area contributed by atoms with Gasteiger partial charge in [0.05, 0.1) is 0 Å². The third-order valence-corrected chi connectivity index (χ3v) is 4.07. The van der Waals surface area contributed by atoms with Crippen LogP contribution in [-0.2, 0) is 6.54 Å². The van der Waals surface area contributed by atoms with Gasteiger partial charge in [-0.1, -0.05) is 25.0 Å². The first-order valence-electron chi connectivity index (χ1n) is 7.12. The Morgan fingerprint density at radius 2 is 2.06 bits per heavy atom. The molecule has 3 rings (SSSR count). The van der Waals surface area contributed by atoms with Gasteiger partial charge >= 0.3 is 0 Å². The highest BCUT2D eigenvalue weighted by Gasteiger charge is 2.13. The topological polar surface area (TPSA) is 17.0 Å². The number of fused-ring (bicyclic) bond motifs is 1. The molecule has 0 bridgehead atoms. The molecule has 1 N–H and O–H groups in total. The van der Waals surface area contributed by atoms with E-state index in [4.69, 9.17) is 0 Å². The van der Waals surface area contributed by atoms with Crippen LogP contribution in [0.2, 0.25) is 0 Å². The van der Waals surface area contributed by atoms with Gasteiger partial charge in [0, 0.05) is 30.8 Å². The minimum Gasteiger partial charge on any atom is -0.346 e. The van der Waals surface area contributed by atoms with E-state index in [2.05, 4.69) is 47.3 Å². The molecule has 0 aliphatic heterocycles. The molecule has 1 heterocycles. The van der Waals surface area contributed by atoms with Crippen molar-refractivity contribution in [3.05, 3.63) is 36.0 Å². The van der Waals surface area contributed by atoms with E-state index < -0.39 is 0 Å². The summed E-state index contributed by atoms with van der Waals surface area (Å²) in [5.41, 5.74) is 2.70. The Bertz CT molecular complexity index is 521. The molecule has 18 heavy (non-hydrogen) atoms. The normalized spacial score (nSPS) is 16.7. The van der Waals surface area contributed by atoms with Crippen LogP contribution in [0.3, 0.4) is 0 Å². The van der Waals surface area contributed by atoms with Gasteiger partial charge in [0.25, 0.3) is 0 Å². The van der Waals surface area contributed by atoms with Crippen LogP contribution >= 0.6 is 0 Å². The second-order valence-corrected chi connectivity index (χ2v) is 5.51. The minimum atomic E-state index is 0.772. The molecule has 2 nitrogen and oxygen atoms in total. The molecule has 0 amide bonds. The average Bonchev–Trinajstić information content (AvgIpc) is 2.99. The Morgan fingerprint density at radius 3 is 2.89 bits per heavy atom. The van der Waals surface area contributed by atoms with Gasteiger partial charge in [0.2, 0.25) is 0 Å². The first-order chi connectivity index (χ1) is 8.83. The standard InChI is InChI=1S/C16H22N2/c1-13-6-7-14-8-10-18(16(14)12-13)11-9-17-15-4-2-3-5-15/h6-8,10,12,15,17H,2-5,9,11H2,1H3. The van der Waals surface area contributed by atoms with E-state index in [0.29, 0.717) is 0 Å². The van der Waals surface area contributed by atoms with Crippen LogP contribution in [-0.4, -0.2) is 17.2 Å². The van der Waals surface area contributed by atoms with Crippen LogP contribution in [0.5, 0.6) is 0 Å². The fourth-order valence-corrected chi connectivity index (χ4v) is 3.01. The largest absolute Gasteiger partial charge is 0.346 e. The second-order valence-electron chi connectivity index (χ2n) is 5.51. The van der Waals surface area contributed by atoms with Crippen LogP contribution in [0, 0.1) is 6.92 Å². The predicted molar refractivity (Wildman–Crippen MR) is 76.9 cm³/mol. The Labute approximate surface area is 109 Å². The Balaban J connectivity index is 1.65. The number of hydrogen-bond donors (Lipinski definition) is 1. The lowest BCUT2D eigenvalue weighted by Crippen LogP contribution is -2.29. The maximum absolute atomic E-state index is 3.68. The van der Waals surface area contributed by atoms with Gasteiger partial charge in [0.1, 0.15) is 0 Å². The smallest absolute Gasteiger partial charge is 0.0483 e. The molecular weight excluding hydrogens is 220 g/mol. The summed E-state index contributed by atoms with van der Waals surface area (Å²) in [7, 11) is 0. The molecule has 1 saturated carbocycles. The van der Waals surface area contributed by atoms with E-state index in [1.807, 2.05) is 0 Å². The van der Waals surface area contributed by atoms with Crippen molar-refractivity contribution in [1.82, 2.24) is 9.88 Å². The first kappa shape index (κ1) is 11.8. The fraction of sp³-hybridized carbons (Fsp3) is 0.500. The molecule has 1 aromatic heterocycles. The molecular formula is C16H22N2. The Hall–Kier alpha value is -1.28. The van der Waals surface area contributed by atoms with Crippen molar-refractivity contribution in [1.29, 1.82) is 0 Å². The van der Waals surface area contributed by atoms with Gasteiger partial charge in [-0.25, -0.2) is 0 Å². The van der Waals surface area contributed by atoms with Crippen molar-refractivity contribution in [2.75, 3.05) is 6.54 Å². The molecule has 0 saturated heterocycles. The van der Waals surface area contributed by atoms with E-state index in [-0.39, 0.29) is 0 Å². The monoisotopic (exact) mass is 242 g/mol. The number of aryl methyl sites for hydroxylation is 1. The lowest BCUT2D eigenvalue weighted by atomic mass is 10.2. The molecule has 2 aromatic rings. The molecule has 0 radical (unpaired) electrons. The zero-order chi connectivity index (χ0) is 12.4. The fourth-order valence-electron chi connectivity index (χ4n) is 3.01. The Morgan fingerprint density at radius 1 is 1.22 bits per heavy atom. The van der Waals surface area contributed by atoms with Gasteiger partial charge in [-0.2, -0.15) is 0 Å². The second kappa shape index (κ2) is 5.15. The highest BCUT2D eigenvalue weighted by atomic mass is 15.0. The minimum absolute atomic E-state index is 0.772. The van der Waals surface area contributed by atoms with E-state index in [0.717, 1.165) is 19.1 Å². The third-order valence-electron chi connectivity index (χ3n) is 4.07. The summed E-state index contributed by atoms with van der Waals surface area (Å²) in [6.45, 7) is 4.32. The van der Waals surface area contributed by atoms with Crippen LogP contribution in [0.15, 0.2) is 30.5 Å². The van der Waals surface area contributed by atoms with E-state index in [1.54, 1.807) is 0 Å². The predicted octanol–water partition coefficient (Wildman–Crippen LogP) is 3.48. The molecule has 2 heteroatoms. The average molecular weight is 242 g/mol. The van der Waals surface area contributed by atoms with Crippen LogP contribution < -0.4 is 5.32 Å². The zero-order valence-corrected chi connectivity index (χ0v) is 11.2. The van der Waals surface area contributed by atoms with Gasteiger partial charge in [0.15, 0.2) is 0 Å². The summed E-state index contributed by atoms with van der Waals surface area (Å²) in [5.74, 6) is 0. The first-order valence-corrected chi connectivity index (χ1v) is 7.12. The highest BCUT2D eigenvalue weighted by Crippen LogP contribution is 2.19. The van der Waals surface area contributed by atoms with Gasteiger partial charge in [-0.3, -0.25) is 0 Å². The SMILES string of the molecule is Cc1ccc2ccn(CCNC3CCCC3)c2c1. The molecule has 1 aliphatic rings. The third kappa shape index (κ3) is 2.44. The number of rotatable bonds is 4. The van der Waals surface area contributed by atoms with Crippen molar-refractivity contribution in [3.8, 4) is 0 Å². The summed E-state index contributed by atoms with van der Waals surface area (Å²) >= 11 is 0. The molecule has 0 unspecified atom stereocenters. The maximum Gasteiger partial charge on any atom is 0.0483 e. The van der Waals surface area contributed by atoms with Crippen molar-refractivity contribution in [2.45, 2.75) is 45.2 Å². The number of nitrogens with one attached hydrogen (secondary N) is 1. The summed E-state index contributed by atoms with van der Waals surface area (Å²) in [4.78, 5) is 0. The summed E-state index contributed by atoms with van der Waals surface area (Å²) in [6, 6.07) is 9.66. The van der Waals surface area contributed by atoms with E-state index in [1.165, 1.54) is 42.1 Å².